The van der Waals surface area contributed by atoms with Gasteiger partial charge in [0.1, 0.15) is 6.04 Å². The van der Waals surface area contributed by atoms with E-state index in [1.54, 1.807) is 0 Å². The Morgan fingerprint density at radius 3 is 2.25 bits per heavy atom. The summed E-state index contributed by atoms with van der Waals surface area (Å²) in [6.45, 7) is 2.14. The number of carboxylic acid groups (broad SMARTS) is 1. The summed E-state index contributed by atoms with van der Waals surface area (Å²) >= 11 is 0. The van der Waals surface area contributed by atoms with Crippen molar-refractivity contribution in [2.24, 2.45) is 5.92 Å². The number of carbonyl (C=O) groups is 1. The van der Waals surface area contributed by atoms with E-state index < -0.39 is 12.0 Å². The third-order valence-corrected chi connectivity index (χ3v) is 3.79. The van der Waals surface area contributed by atoms with Gasteiger partial charge in [0.25, 0.3) is 0 Å². The van der Waals surface area contributed by atoms with Crippen molar-refractivity contribution < 1.29 is 14.4 Å². The van der Waals surface area contributed by atoms with Gasteiger partial charge in [-0.25, -0.2) is 0 Å². The second-order valence-electron chi connectivity index (χ2n) is 6.47. The summed E-state index contributed by atoms with van der Waals surface area (Å²) < 4.78 is 0.406. The molecule has 0 aliphatic rings. The summed E-state index contributed by atoms with van der Waals surface area (Å²) in [6.07, 6.45) is 3.87. The molecule has 0 saturated carbocycles. The molecule has 0 aliphatic carbocycles. The summed E-state index contributed by atoms with van der Waals surface area (Å²) in [6, 6.07) is 9.67. The van der Waals surface area contributed by atoms with Crippen LogP contribution in [0.15, 0.2) is 30.3 Å². The van der Waals surface area contributed by atoms with E-state index in [4.69, 9.17) is 0 Å². The molecule has 0 aliphatic heterocycles. The molecule has 1 rings (SSSR count). The van der Waals surface area contributed by atoms with E-state index in [9.17, 15) is 9.90 Å². The summed E-state index contributed by atoms with van der Waals surface area (Å²) in [5.41, 5.74) is 1.20. The molecule has 3 heteroatoms. The molecule has 2 atom stereocenters. The average molecular weight is 277 g/mol. The van der Waals surface area contributed by atoms with Gasteiger partial charge in [0, 0.05) is 5.92 Å². The highest BCUT2D eigenvalue weighted by atomic mass is 16.4. The summed E-state index contributed by atoms with van der Waals surface area (Å²) in [5.74, 6) is -0.822. The number of benzene rings is 1. The number of unbranched alkanes of at least 4 members (excludes halogenated alkanes) is 1. The lowest BCUT2D eigenvalue weighted by molar-refractivity contribution is -0.893. The van der Waals surface area contributed by atoms with Gasteiger partial charge in [-0.3, -0.25) is 0 Å². The topological polar surface area (TPSA) is 40.1 Å². The first-order valence-electron chi connectivity index (χ1n) is 7.42. The maximum Gasteiger partial charge on any atom is 0.132 e. The molecule has 2 unspecified atom stereocenters. The van der Waals surface area contributed by atoms with Gasteiger partial charge < -0.3 is 14.4 Å². The van der Waals surface area contributed by atoms with Crippen molar-refractivity contribution in [1.82, 2.24) is 0 Å². The Morgan fingerprint density at radius 1 is 1.20 bits per heavy atom. The zero-order valence-electron chi connectivity index (χ0n) is 13.1. The van der Waals surface area contributed by atoms with Crippen LogP contribution in [0, 0.1) is 5.92 Å². The maximum absolute atomic E-state index is 11.6. The molecule has 0 N–H and O–H groups in total. The van der Waals surface area contributed by atoms with Crippen LogP contribution in [0.3, 0.4) is 0 Å². The first kappa shape index (κ1) is 16.7. The third kappa shape index (κ3) is 4.97. The second-order valence-corrected chi connectivity index (χ2v) is 6.47. The molecule has 20 heavy (non-hydrogen) atoms. The van der Waals surface area contributed by atoms with Crippen molar-refractivity contribution in [3.05, 3.63) is 35.9 Å². The Hall–Kier alpha value is -1.35. The first-order chi connectivity index (χ1) is 9.36. The zero-order chi connectivity index (χ0) is 15.2. The highest BCUT2D eigenvalue weighted by molar-refractivity contribution is 5.70. The van der Waals surface area contributed by atoms with E-state index in [2.05, 4.69) is 19.1 Å². The number of rotatable bonds is 8. The third-order valence-electron chi connectivity index (χ3n) is 3.79. The molecule has 0 fully saturated rings. The van der Waals surface area contributed by atoms with E-state index in [0.717, 1.165) is 25.7 Å². The summed E-state index contributed by atoms with van der Waals surface area (Å²) in [5, 5.41) is 11.6. The van der Waals surface area contributed by atoms with Crippen molar-refractivity contribution in [2.45, 2.75) is 38.6 Å². The van der Waals surface area contributed by atoms with E-state index >= 15 is 0 Å². The fourth-order valence-corrected chi connectivity index (χ4v) is 2.90. The van der Waals surface area contributed by atoms with Crippen LogP contribution in [-0.4, -0.2) is 37.6 Å². The van der Waals surface area contributed by atoms with E-state index in [1.165, 1.54) is 5.56 Å². The number of nitrogens with zero attached hydrogens (tertiary/aromatic N) is 1. The van der Waals surface area contributed by atoms with Gasteiger partial charge in [-0.2, -0.15) is 0 Å². The minimum Gasteiger partial charge on any atom is -0.544 e. The molecule has 0 saturated heterocycles. The second kappa shape index (κ2) is 7.44. The van der Waals surface area contributed by atoms with Crippen LogP contribution in [0.2, 0.25) is 0 Å². The van der Waals surface area contributed by atoms with Gasteiger partial charge in [0.2, 0.25) is 0 Å². The Morgan fingerprint density at radius 2 is 1.80 bits per heavy atom. The Kier molecular flexibility index (Phi) is 6.21. The predicted octanol–water partition coefficient (Wildman–Crippen LogP) is 1.86. The molecule has 0 radical (unpaired) electrons. The summed E-state index contributed by atoms with van der Waals surface area (Å²) in [7, 11) is 5.80. The smallest absolute Gasteiger partial charge is 0.132 e. The van der Waals surface area contributed by atoms with E-state index in [0.29, 0.717) is 4.48 Å². The van der Waals surface area contributed by atoms with Gasteiger partial charge in [-0.15, -0.1) is 0 Å². The number of likely N-dealkylation sites (N-methyl/N-ethyl adjacent to an activating group) is 1. The Balaban J connectivity index is 2.94. The molecule has 1 aromatic rings. The van der Waals surface area contributed by atoms with Crippen LogP contribution in [0.25, 0.3) is 0 Å². The largest absolute Gasteiger partial charge is 0.544 e. The molecule has 3 nitrogen and oxygen atoms in total. The molecule has 0 bridgehead atoms. The van der Waals surface area contributed by atoms with E-state index in [-0.39, 0.29) is 5.92 Å². The number of hydrogen-bond acceptors (Lipinski definition) is 2. The molecule has 0 amide bonds. The van der Waals surface area contributed by atoms with Crippen LogP contribution < -0.4 is 5.11 Å². The average Bonchev–Trinajstić information content (AvgIpc) is 2.35. The fourth-order valence-electron chi connectivity index (χ4n) is 2.90. The minimum absolute atomic E-state index is 0.113. The van der Waals surface area contributed by atoms with Gasteiger partial charge >= 0.3 is 0 Å². The highest BCUT2D eigenvalue weighted by Crippen LogP contribution is 2.24. The summed E-state index contributed by atoms with van der Waals surface area (Å²) in [4.78, 5) is 11.6. The van der Waals surface area contributed by atoms with Crippen molar-refractivity contribution in [2.75, 3.05) is 21.1 Å². The molecule has 1 aromatic carbocycles. The van der Waals surface area contributed by atoms with Crippen molar-refractivity contribution >= 4 is 5.97 Å². The molecular weight excluding hydrogens is 250 g/mol. The van der Waals surface area contributed by atoms with E-state index in [1.807, 2.05) is 39.3 Å². The Bertz CT molecular complexity index is 409. The standard InChI is InChI=1S/C17H27NO2/c1-5-6-12-15(13-14-10-8-7-9-11-14)16(17(19)20)18(2,3)4/h7-11,15-16H,5-6,12-13H2,1-4H3. The number of quaternary nitrogens is 1. The SMILES string of the molecule is CCCCC(Cc1ccccc1)C(C(=O)[O-])[N+](C)(C)C. The first-order valence-corrected chi connectivity index (χ1v) is 7.42. The van der Waals surface area contributed by atoms with Crippen molar-refractivity contribution in [1.29, 1.82) is 0 Å². The monoisotopic (exact) mass is 277 g/mol. The molecule has 0 spiro atoms. The van der Waals surface area contributed by atoms with Crippen LogP contribution in [-0.2, 0) is 11.2 Å². The normalized spacial score (nSPS) is 14.8. The number of carbonyl (C=O) groups excluding carboxylic acids is 1. The van der Waals surface area contributed by atoms with Gasteiger partial charge in [0.15, 0.2) is 0 Å². The lowest BCUT2D eigenvalue weighted by atomic mass is 9.86. The number of carboxylic acids is 1. The molecule has 112 valence electrons. The van der Waals surface area contributed by atoms with Crippen LogP contribution >= 0.6 is 0 Å². The van der Waals surface area contributed by atoms with Crippen molar-refractivity contribution in [3.63, 3.8) is 0 Å². The molecular formula is C17H27NO2. The Labute approximate surface area is 122 Å². The van der Waals surface area contributed by atoms with Gasteiger partial charge in [0.05, 0.1) is 27.1 Å². The zero-order valence-corrected chi connectivity index (χ0v) is 13.1. The van der Waals surface area contributed by atoms with Gasteiger partial charge in [-0.05, 0) is 18.4 Å². The number of aliphatic carboxylic acids is 1. The maximum atomic E-state index is 11.6. The van der Waals surface area contributed by atoms with Crippen LogP contribution in [0.5, 0.6) is 0 Å². The molecule has 0 heterocycles. The van der Waals surface area contributed by atoms with Crippen molar-refractivity contribution in [3.8, 4) is 0 Å². The van der Waals surface area contributed by atoms with Crippen LogP contribution in [0.4, 0.5) is 0 Å². The minimum atomic E-state index is -0.936. The van der Waals surface area contributed by atoms with Gasteiger partial charge in [-0.1, -0.05) is 50.1 Å². The lowest BCUT2D eigenvalue weighted by Crippen LogP contribution is -2.58. The quantitative estimate of drug-likeness (QED) is 0.681. The predicted molar refractivity (Wildman–Crippen MR) is 80.0 cm³/mol. The molecule has 0 aromatic heterocycles. The number of hydrogen-bond donors (Lipinski definition) is 0. The fraction of sp³-hybridized carbons (Fsp3) is 0.588. The highest BCUT2D eigenvalue weighted by Gasteiger charge is 2.33. The van der Waals surface area contributed by atoms with Crippen LogP contribution in [0.1, 0.15) is 31.7 Å². The lowest BCUT2D eigenvalue weighted by Gasteiger charge is -2.40.